The lowest BCUT2D eigenvalue weighted by Gasteiger charge is -2.37. The Bertz CT molecular complexity index is 645. The molecule has 0 aliphatic heterocycles. The lowest BCUT2D eigenvalue weighted by atomic mass is 10.0. The molecule has 0 aromatic rings. The Balaban J connectivity index is 6.51. The first-order valence-electron chi connectivity index (χ1n) is 9.98. The first-order chi connectivity index (χ1) is 14.9. The van der Waals surface area contributed by atoms with Crippen molar-refractivity contribution in [1.29, 1.82) is 0 Å². The van der Waals surface area contributed by atoms with Crippen LogP contribution in [0.5, 0.6) is 0 Å². The second kappa shape index (κ2) is 15.5. The average Bonchev–Trinajstić information content (AvgIpc) is 2.65. The minimum Gasteiger partial charge on any atom is -0.462 e. The summed E-state index contributed by atoms with van der Waals surface area (Å²) in [7, 11) is 0. The molecule has 5 atom stereocenters. The van der Waals surface area contributed by atoms with E-state index in [9.17, 15) is 24.0 Å². The second-order valence-corrected chi connectivity index (χ2v) is 7.83. The lowest BCUT2D eigenvalue weighted by molar-refractivity contribution is -0.208. The number of ether oxygens (including phenoxy) is 6. The Morgan fingerprint density at radius 1 is 0.656 bits per heavy atom. The molecule has 184 valence electrons. The van der Waals surface area contributed by atoms with Gasteiger partial charge in [0.05, 0.1) is 0 Å². The van der Waals surface area contributed by atoms with E-state index in [0.717, 1.165) is 34.6 Å². The van der Waals surface area contributed by atoms with Crippen LogP contribution >= 0.6 is 11.8 Å². The molecule has 32 heavy (non-hydrogen) atoms. The molecule has 0 heterocycles. The molecule has 11 nitrogen and oxygen atoms in total. The minimum atomic E-state index is -1.48. The summed E-state index contributed by atoms with van der Waals surface area (Å²) in [6.07, 6.45) is -5.54. The number of hydrogen-bond donors (Lipinski definition) is 0. The molecule has 0 aromatic heterocycles. The summed E-state index contributed by atoms with van der Waals surface area (Å²) in [5.41, 5.74) is -0.817. The third kappa shape index (κ3) is 11.9. The van der Waals surface area contributed by atoms with Gasteiger partial charge in [-0.1, -0.05) is 6.92 Å². The first-order valence-corrected chi connectivity index (χ1v) is 11.0. The van der Waals surface area contributed by atoms with E-state index in [4.69, 9.17) is 28.4 Å². The summed E-state index contributed by atoms with van der Waals surface area (Å²) >= 11 is 1.26. The number of hydrogen-bond acceptors (Lipinski definition) is 12. The summed E-state index contributed by atoms with van der Waals surface area (Å²) in [6.45, 7) is 8.90. The fourth-order valence-corrected chi connectivity index (χ4v) is 3.66. The number of carbonyl (C=O) groups excluding carboxylic acids is 5. The van der Waals surface area contributed by atoms with Crippen molar-refractivity contribution in [3.05, 3.63) is 0 Å². The standard InChI is InChI=1S/C20H32O11S/c1-8-26-20(32-9-2)19(31-15(7)25)18(30-14(6)24)17(29-13(5)23)16(28-12(4)22)10-27-11(3)21/h16-20H,8-10H2,1-7H3/t16-,17+,18+,19-,20?/m0/s1. The predicted octanol–water partition coefficient (Wildman–Crippen LogP) is 1.39. The van der Waals surface area contributed by atoms with Crippen LogP contribution in [-0.4, -0.2) is 78.7 Å². The zero-order valence-electron chi connectivity index (χ0n) is 19.4. The van der Waals surface area contributed by atoms with Crippen molar-refractivity contribution in [2.45, 2.75) is 78.3 Å². The van der Waals surface area contributed by atoms with Gasteiger partial charge in [-0.05, 0) is 12.7 Å². The smallest absolute Gasteiger partial charge is 0.303 e. The number of thioether (sulfide) groups is 1. The molecule has 0 saturated heterocycles. The van der Waals surface area contributed by atoms with E-state index >= 15 is 0 Å². The molecule has 0 aliphatic carbocycles. The molecule has 1 unspecified atom stereocenters. The summed E-state index contributed by atoms with van der Waals surface area (Å²) < 4.78 is 32.0. The van der Waals surface area contributed by atoms with Crippen LogP contribution in [0.1, 0.15) is 48.5 Å². The van der Waals surface area contributed by atoms with E-state index in [1.807, 2.05) is 6.92 Å². The topological polar surface area (TPSA) is 141 Å². The Kier molecular flexibility index (Phi) is 14.3. The van der Waals surface area contributed by atoms with Crippen molar-refractivity contribution in [2.75, 3.05) is 19.0 Å². The SMILES string of the molecule is CCOC(SCC)[C@@H](OC(C)=O)[C@H](OC(C)=O)[C@H](OC(C)=O)[C@H](COC(C)=O)OC(C)=O. The molecule has 0 N–H and O–H groups in total. The molecule has 0 aliphatic rings. The van der Waals surface area contributed by atoms with Gasteiger partial charge >= 0.3 is 29.8 Å². The number of carbonyl (C=O) groups is 5. The van der Waals surface area contributed by atoms with E-state index in [0.29, 0.717) is 5.75 Å². The third-order valence-corrected chi connectivity index (χ3v) is 4.68. The van der Waals surface area contributed by atoms with Gasteiger partial charge in [0.25, 0.3) is 0 Å². The second-order valence-electron chi connectivity index (χ2n) is 6.45. The van der Waals surface area contributed by atoms with Crippen LogP contribution in [0.2, 0.25) is 0 Å². The monoisotopic (exact) mass is 480 g/mol. The summed E-state index contributed by atoms with van der Waals surface area (Å²) in [5, 5.41) is 0. The molecule has 0 bridgehead atoms. The zero-order valence-corrected chi connectivity index (χ0v) is 20.2. The highest BCUT2D eigenvalue weighted by molar-refractivity contribution is 7.99. The van der Waals surface area contributed by atoms with Gasteiger partial charge < -0.3 is 28.4 Å². The van der Waals surface area contributed by atoms with Gasteiger partial charge in [0, 0.05) is 41.2 Å². The molecule has 0 amide bonds. The lowest BCUT2D eigenvalue weighted by Crippen LogP contribution is -2.56. The summed E-state index contributed by atoms with van der Waals surface area (Å²) in [6, 6.07) is 0. The molecule has 0 fully saturated rings. The van der Waals surface area contributed by atoms with E-state index in [-0.39, 0.29) is 6.61 Å². The largest absolute Gasteiger partial charge is 0.462 e. The van der Waals surface area contributed by atoms with Crippen molar-refractivity contribution < 1.29 is 52.4 Å². The molecular formula is C20H32O11S. The van der Waals surface area contributed by atoms with E-state index in [1.54, 1.807) is 6.92 Å². The van der Waals surface area contributed by atoms with Crippen molar-refractivity contribution in [3.8, 4) is 0 Å². The average molecular weight is 481 g/mol. The van der Waals surface area contributed by atoms with Crippen LogP contribution in [0.3, 0.4) is 0 Å². The van der Waals surface area contributed by atoms with Gasteiger partial charge in [-0.2, -0.15) is 0 Å². The van der Waals surface area contributed by atoms with Crippen LogP contribution in [0.4, 0.5) is 0 Å². The molecule has 12 heteroatoms. The molecule has 0 spiro atoms. The quantitative estimate of drug-likeness (QED) is 0.201. The Morgan fingerprint density at radius 2 is 1.12 bits per heavy atom. The van der Waals surface area contributed by atoms with Crippen LogP contribution in [0, 0.1) is 0 Å². The molecule has 0 radical (unpaired) electrons. The molecule has 0 aromatic carbocycles. The van der Waals surface area contributed by atoms with Crippen LogP contribution in [0.25, 0.3) is 0 Å². The van der Waals surface area contributed by atoms with Crippen LogP contribution < -0.4 is 0 Å². The molecule has 0 rings (SSSR count). The van der Waals surface area contributed by atoms with Crippen molar-refractivity contribution >= 4 is 41.6 Å². The minimum absolute atomic E-state index is 0.237. The van der Waals surface area contributed by atoms with E-state index in [2.05, 4.69) is 0 Å². The van der Waals surface area contributed by atoms with Gasteiger partial charge in [0.2, 0.25) is 0 Å². The first kappa shape index (κ1) is 29.7. The van der Waals surface area contributed by atoms with Crippen LogP contribution in [-0.2, 0) is 52.4 Å². The zero-order chi connectivity index (χ0) is 24.8. The Labute approximate surface area is 191 Å². The maximum absolute atomic E-state index is 11.9. The van der Waals surface area contributed by atoms with Crippen molar-refractivity contribution in [1.82, 2.24) is 0 Å². The maximum Gasteiger partial charge on any atom is 0.303 e. The number of esters is 5. The molecule has 0 saturated carbocycles. The summed E-state index contributed by atoms with van der Waals surface area (Å²) in [4.78, 5) is 58.7. The van der Waals surface area contributed by atoms with Gasteiger partial charge in [-0.3, -0.25) is 24.0 Å². The van der Waals surface area contributed by atoms with Gasteiger partial charge in [0.1, 0.15) is 12.0 Å². The Morgan fingerprint density at radius 3 is 1.53 bits per heavy atom. The van der Waals surface area contributed by atoms with Crippen molar-refractivity contribution in [3.63, 3.8) is 0 Å². The Hall–Kier alpha value is -2.34. The maximum atomic E-state index is 11.9. The van der Waals surface area contributed by atoms with Crippen molar-refractivity contribution in [2.24, 2.45) is 0 Å². The van der Waals surface area contributed by atoms with E-state index in [1.165, 1.54) is 11.8 Å². The normalized spacial score (nSPS) is 15.3. The van der Waals surface area contributed by atoms with Gasteiger partial charge in [-0.25, -0.2) is 0 Å². The molecular weight excluding hydrogens is 448 g/mol. The van der Waals surface area contributed by atoms with Gasteiger partial charge in [0.15, 0.2) is 24.4 Å². The fourth-order valence-electron chi connectivity index (χ4n) is 2.70. The summed E-state index contributed by atoms with van der Waals surface area (Å²) in [5.74, 6) is -3.19. The van der Waals surface area contributed by atoms with E-state index < -0.39 is 66.3 Å². The fraction of sp³-hybridized carbons (Fsp3) is 0.750. The highest BCUT2D eigenvalue weighted by atomic mass is 32.2. The highest BCUT2D eigenvalue weighted by Crippen LogP contribution is 2.28. The highest BCUT2D eigenvalue weighted by Gasteiger charge is 2.47. The number of rotatable bonds is 14. The third-order valence-electron chi connectivity index (χ3n) is 3.62. The predicted molar refractivity (Wildman–Crippen MR) is 112 cm³/mol. The van der Waals surface area contributed by atoms with Gasteiger partial charge in [-0.15, -0.1) is 11.8 Å². The van der Waals surface area contributed by atoms with Crippen LogP contribution in [0.15, 0.2) is 0 Å².